The molecule has 0 amide bonds. The standard InChI is InChI=1S/C10H14N2O2.C7H6O2/c11-5-9(12)7-14-10-4-2-1-3-8(10)6-13;8-5-6-3-1-2-4-7(6)9/h1-4,6,9H,5,7,11-12H2;1-5,9H. The molecule has 1 atom stereocenters. The Morgan fingerprint density at radius 1 is 1.00 bits per heavy atom. The fourth-order valence-electron chi connectivity index (χ4n) is 1.56. The molecule has 0 aliphatic carbocycles. The van der Waals surface area contributed by atoms with Gasteiger partial charge in [0.15, 0.2) is 12.6 Å². The summed E-state index contributed by atoms with van der Waals surface area (Å²) in [4.78, 5) is 20.7. The van der Waals surface area contributed by atoms with Crippen LogP contribution in [0.15, 0.2) is 48.5 Å². The van der Waals surface area contributed by atoms with Gasteiger partial charge < -0.3 is 21.3 Å². The molecule has 5 N–H and O–H groups in total. The molecular formula is C17H20N2O4. The van der Waals surface area contributed by atoms with Gasteiger partial charge in [0.2, 0.25) is 0 Å². The zero-order valence-corrected chi connectivity index (χ0v) is 12.6. The third kappa shape index (κ3) is 6.29. The van der Waals surface area contributed by atoms with E-state index < -0.39 is 0 Å². The lowest BCUT2D eigenvalue weighted by atomic mass is 10.2. The number of aldehydes is 2. The van der Waals surface area contributed by atoms with Gasteiger partial charge in [-0.1, -0.05) is 24.3 Å². The fourth-order valence-corrected chi connectivity index (χ4v) is 1.56. The molecule has 0 aliphatic heterocycles. The van der Waals surface area contributed by atoms with Crippen LogP contribution in [0.1, 0.15) is 20.7 Å². The van der Waals surface area contributed by atoms with Crippen LogP contribution in [0.5, 0.6) is 11.5 Å². The molecule has 2 aromatic carbocycles. The topological polar surface area (TPSA) is 116 Å². The van der Waals surface area contributed by atoms with Crippen molar-refractivity contribution in [2.75, 3.05) is 13.2 Å². The highest BCUT2D eigenvalue weighted by Gasteiger charge is 2.04. The van der Waals surface area contributed by atoms with Gasteiger partial charge >= 0.3 is 0 Å². The number of hydrogen-bond donors (Lipinski definition) is 3. The number of carbonyl (C=O) groups excluding carboxylic acids is 2. The minimum Gasteiger partial charge on any atom is -0.507 e. The van der Waals surface area contributed by atoms with Gasteiger partial charge in [-0.25, -0.2) is 0 Å². The lowest BCUT2D eigenvalue weighted by Crippen LogP contribution is -2.35. The molecule has 0 heterocycles. The van der Waals surface area contributed by atoms with Crippen LogP contribution in [0.2, 0.25) is 0 Å². The van der Waals surface area contributed by atoms with Gasteiger partial charge in [0.05, 0.1) is 17.2 Å². The van der Waals surface area contributed by atoms with Crippen molar-refractivity contribution in [2.24, 2.45) is 11.5 Å². The van der Waals surface area contributed by atoms with Crippen molar-refractivity contribution in [3.63, 3.8) is 0 Å². The Bertz CT molecular complexity index is 631. The summed E-state index contributed by atoms with van der Waals surface area (Å²) in [6.07, 6.45) is 1.37. The van der Waals surface area contributed by atoms with Gasteiger partial charge in [0.1, 0.15) is 18.1 Å². The summed E-state index contributed by atoms with van der Waals surface area (Å²) in [7, 11) is 0. The summed E-state index contributed by atoms with van der Waals surface area (Å²) in [6, 6.07) is 13.2. The maximum Gasteiger partial charge on any atom is 0.153 e. The number of rotatable bonds is 6. The summed E-state index contributed by atoms with van der Waals surface area (Å²) in [5.41, 5.74) is 11.8. The van der Waals surface area contributed by atoms with Crippen molar-refractivity contribution in [2.45, 2.75) is 6.04 Å². The van der Waals surface area contributed by atoms with Crippen LogP contribution < -0.4 is 16.2 Å². The molecular weight excluding hydrogens is 296 g/mol. The highest BCUT2D eigenvalue weighted by molar-refractivity contribution is 5.79. The first-order valence-corrected chi connectivity index (χ1v) is 6.98. The van der Waals surface area contributed by atoms with Crippen molar-refractivity contribution < 1.29 is 19.4 Å². The molecule has 0 fully saturated rings. The second-order valence-electron chi connectivity index (χ2n) is 4.64. The summed E-state index contributed by atoms with van der Waals surface area (Å²) < 4.78 is 5.34. The Hall–Kier alpha value is -2.70. The van der Waals surface area contributed by atoms with Gasteiger partial charge in [-0.15, -0.1) is 0 Å². The number of hydrogen-bond acceptors (Lipinski definition) is 6. The molecule has 0 saturated heterocycles. The van der Waals surface area contributed by atoms with E-state index in [-0.39, 0.29) is 11.8 Å². The van der Waals surface area contributed by atoms with E-state index in [1.165, 1.54) is 6.07 Å². The van der Waals surface area contributed by atoms with Gasteiger partial charge in [-0.05, 0) is 24.3 Å². The van der Waals surface area contributed by atoms with Crippen LogP contribution in [-0.4, -0.2) is 36.9 Å². The third-order valence-corrected chi connectivity index (χ3v) is 2.87. The number of phenolic OH excluding ortho intramolecular Hbond substituents is 1. The first kappa shape index (κ1) is 18.3. The van der Waals surface area contributed by atoms with Crippen LogP contribution in [0.4, 0.5) is 0 Å². The van der Waals surface area contributed by atoms with E-state index in [0.29, 0.717) is 36.3 Å². The molecule has 0 saturated carbocycles. The Balaban J connectivity index is 0.000000253. The summed E-state index contributed by atoms with van der Waals surface area (Å²) in [5, 5.41) is 8.88. The Morgan fingerprint density at radius 3 is 2.09 bits per heavy atom. The quantitative estimate of drug-likeness (QED) is 0.693. The van der Waals surface area contributed by atoms with Crippen molar-refractivity contribution >= 4 is 12.6 Å². The zero-order chi connectivity index (χ0) is 17.1. The molecule has 6 nitrogen and oxygen atoms in total. The average Bonchev–Trinajstić information content (AvgIpc) is 2.60. The monoisotopic (exact) mass is 316 g/mol. The van der Waals surface area contributed by atoms with Crippen LogP contribution >= 0.6 is 0 Å². The number of ether oxygens (including phenoxy) is 1. The van der Waals surface area contributed by atoms with E-state index >= 15 is 0 Å². The number of nitrogens with two attached hydrogens (primary N) is 2. The zero-order valence-electron chi connectivity index (χ0n) is 12.6. The Labute approximate surface area is 134 Å². The van der Waals surface area contributed by atoms with Crippen LogP contribution in [0, 0.1) is 0 Å². The molecule has 0 aromatic heterocycles. The molecule has 2 rings (SSSR count). The largest absolute Gasteiger partial charge is 0.507 e. The lowest BCUT2D eigenvalue weighted by molar-refractivity contribution is 0.111. The van der Waals surface area contributed by atoms with E-state index in [1.54, 1.807) is 42.5 Å². The number of phenols is 1. The maximum atomic E-state index is 10.6. The molecule has 0 spiro atoms. The van der Waals surface area contributed by atoms with Gasteiger partial charge in [0.25, 0.3) is 0 Å². The molecule has 1 unspecified atom stereocenters. The smallest absolute Gasteiger partial charge is 0.153 e. The molecule has 6 heteroatoms. The van der Waals surface area contributed by atoms with Gasteiger partial charge in [0, 0.05) is 6.54 Å². The molecule has 0 radical (unpaired) electrons. The van der Waals surface area contributed by atoms with Gasteiger partial charge in [-0.2, -0.15) is 0 Å². The van der Waals surface area contributed by atoms with E-state index in [2.05, 4.69) is 0 Å². The molecule has 2 aromatic rings. The van der Waals surface area contributed by atoms with Crippen LogP contribution in [0.25, 0.3) is 0 Å². The third-order valence-electron chi connectivity index (χ3n) is 2.87. The van der Waals surface area contributed by atoms with Gasteiger partial charge in [-0.3, -0.25) is 9.59 Å². The Kier molecular flexibility index (Phi) is 8.06. The highest BCUT2D eigenvalue weighted by Crippen LogP contribution is 2.15. The predicted molar refractivity (Wildman–Crippen MR) is 87.8 cm³/mol. The molecule has 0 bridgehead atoms. The normalized spacial score (nSPS) is 10.9. The second-order valence-corrected chi connectivity index (χ2v) is 4.64. The number of benzene rings is 2. The number of aromatic hydroxyl groups is 1. The number of carbonyl (C=O) groups is 2. The molecule has 0 aliphatic rings. The van der Waals surface area contributed by atoms with E-state index in [9.17, 15) is 9.59 Å². The summed E-state index contributed by atoms with van der Waals surface area (Å²) >= 11 is 0. The maximum absolute atomic E-state index is 10.6. The summed E-state index contributed by atoms with van der Waals surface area (Å²) in [5.74, 6) is 0.582. The second kappa shape index (κ2) is 10.1. The summed E-state index contributed by atoms with van der Waals surface area (Å²) in [6.45, 7) is 0.685. The Morgan fingerprint density at radius 2 is 1.57 bits per heavy atom. The van der Waals surface area contributed by atoms with Crippen molar-refractivity contribution in [1.82, 2.24) is 0 Å². The van der Waals surface area contributed by atoms with E-state index in [1.807, 2.05) is 0 Å². The number of para-hydroxylation sites is 2. The first-order chi connectivity index (χ1) is 11.1. The van der Waals surface area contributed by atoms with E-state index in [4.69, 9.17) is 21.3 Å². The molecule has 23 heavy (non-hydrogen) atoms. The minimum atomic E-state index is -0.199. The fraction of sp³-hybridized carbons (Fsp3) is 0.176. The van der Waals surface area contributed by atoms with E-state index in [0.717, 1.165) is 6.29 Å². The SMILES string of the molecule is NCC(N)COc1ccccc1C=O.O=Cc1ccccc1O. The highest BCUT2D eigenvalue weighted by atomic mass is 16.5. The van der Waals surface area contributed by atoms with Crippen LogP contribution in [0.3, 0.4) is 0 Å². The first-order valence-electron chi connectivity index (χ1n) is 6.98. The van der Waals surface area contributed by atoms with Crippen LogP contribution in [-0.2, 0) is 0 Å². The predicted octanol–water partition coefficient (Wildman–Crippen LogP) is 1.37. The average molecular weight is 316 g/mol. The van der Waals surface area contributed by atoms with Crippen molar-refractivity contribution in [1.29, 1.82) is 0 Å². The van der Waals surface area contributed by atoms with Crippen molar-refractivity contribution in [3.05, 3.63) is 59.7 Å². The minimum absolute atomic E-state index is 0.0347. The van der Waals surface area contributed by atoms with Crippen molar-refractivity contribution in [3.8, 4) is 11.5 Å². The lowest BCUT2D eigenvalue weighted by Gasteiger charge is -2.11. The molecule has 122 valence electrons.